The molecule has 0 aromatic heterocycles. The molecule has 1 aromatic carbocycles. The number of rotatable bonds is 10. The van der Waals surface area contributed by atoms with E-state index in [9.17, 15) is 4.79 Å². The van der Waals surface area contributed by atoms with Crippen molar-refractivity contribution in [2.45, 2.75) is 97.2 Å². The van der Waals surface area contributed by atoms with Gasteiger partial charge in [0.25, 0.3) is 0 Å². The standard InChI is InChI=1S/C25H41NO4/c1-7-11-21(26(6)24(27)30-25(3,4)5)16-22-14-15-23(29-22)19(2)17-28-18-20-12-9-8-10-13-20/h8-10,12-13,19,21-23H,7,11,14-18H2,1-6H3/t19-,21+,22-,23+/m0/s1. The van der Waals surface area contributed by atoms with E-state index in [0.717, 1.165) is 32.1 Å². The third-order valence-electron chi connectivity index (χ3n) is 5.65. The van der Waals surface area contributed by atoms with Crippen LogP contribution in [0.1, 0.15) is 72.3 Å². The van der Waals surface area contributed by atoms with Gasteiger partial charge in [-0.05, 0) is 52.0 Å². The molecule has 1 heterocycles. The molecule has 5 heteroatoms. The van der Waals surface area contributed by atoms with E-state index in [4.69, 9.17) is 14.2 Å². The molecular formula is C25H41NO4. The van der Waals surface area contributed by atoms with Crippen LogP contribution < -0.4 is 0 Å². The van der Waals surface area contributed by atoms with Crippen LogP contribution >= 0.6 is 0 Å². The van der Waals surface area contributed by atoms with Crippen LogP contribution in [0.3, 0.4) is 0 Å². The molecule has 5 nitrogen and oxygen atoms in total. The summed E-state index contributed by atoms with van der Waals surface area (Å²) in [6.45, 7) is 11.4. The Balaban J connectivity index is 1.79. The average molecular weight is 420 g/mol. The fourth-order valence-corrected chi connectivity index (χ4v) is 3.96. The van der Waals surface area contributed by atoms with E-state index in [0.29, 0.717) is 19.1 Å². The van der Waals surface area contributed by atoms with Gasteiger partial charge in [-0.15, -0.1) is 0 Å². The lowest BCUT2D eigenvalue weighted by atomic mass is 9.99. The van der Waals surface area contributed by atoms with E-state index < -0.39 is 5.60 Å². The highest BCUT2D eigenvalue weighted by Gasteiger charge is 2.33. The number of ether oxygens (including phenoxy) is 3. The molecule has 0 aliphatic carbocycles. The molecule has 0 N–H and O–H groups in total. The summed E-state index contributed by atoms with van der Waals surface area (Å²) < 4.78 is 17.9. The molecule has 0 spiro atoms. The van der Waals surface area contributed by atoms with Crippen LogP contribution in [0.25, 0.3) is 0 Å². The molecule has 0 saturated carbocycles. The lowest BCUT2D eigenvalue weighted by molar-refractivity contribution is -0.0298. The van der Waals surface area contributed by atoms with Crippen molar-refractivity contribution >= 4 is 6.09 Å². The third-order valence-corrected chi connectivity index (χ3v) is 5.65. The van der Waals surface area contributed by atoms with Gasteiger partial charge in [0.2, 0.25) is 0 Å². The Labute approximate surface area is 183 Å². The zero-order valence-corrected chi connectivity index (χ0v) is 19.7. The highest BCUT2D eigenvalue weighted by molar-refractivity contribution is 5.68. The minimum Gasteiger partial charge on any atom is -0.444 e. The third kappa shape index (κ3) is 8.27. The summed E-state index contributed by atoms with van der Waals surface area (Å²) >= 11 is 0. The molecule has 4 atom stereocenters. The van der Waals surface area contributed by atoms with Gasteiger partial charge in [-0.25, -0.2) is 4.79 Å². The average Bonchev–Trinajstić information content (AvgIpc) is 3.15. The SMILES string of the molecule is CCC[C@H](C[C@@H]1CC[C@H]([C@@H](C)COCc2ccccc2)O1)N(C)C(=O)OC(C)(C)C. The number of hydrogen-bond acceptors (Lipinski definition) is 4. The molecule has 0 unspecified atom stereocenters. The summed E-state index contributed by atoms with van der Waals surface area (Å²) in [6, 6.07) is 10.4. The number of carbonyl (C=O) groups is 1. The van der Waals surface area contributed by atoms with Crippen molar-refractivity contribution in [1.82, 2.24) is 4.90 Å². The van der Waals surface area contributed by atoms with Crippen LogP contribution in [0.15, 0.2) is 30.3 Å². The number of nitrogens with zero attached hydrogens (tertiary/aromatic N) is 1. The van der Waals surface area contributed by atoms with Crippen molar-refractivity contribution in [2.24, 2.45) is 5.92 Å². The molecule has 30 heavy (non-hydrogen) atoms. The second-order valence-electron chi connectivity index (χ2n) is 9.62. The number of benzene rings is 1. The highest BCUT2D eigenvalue weighted by atomic mass is 16.6. The monoisotopic (exact) mass is 419 g/mol. The lowest BCUT2D eigenvalue weighted by Gasteiger charge is -2.32. The summed E-state index contributed by atoms with van der Waals surface area (Å²) in [7, 11) is 1.85. The van der Waals surface area contributed by atoms with Gasteiger partial charge in [0.1, 0.15) is 5.60 Å². The Morgan fingerprint density at radius 3 is 2.57 bits per heavy atom. The zero-order valence-electron chi connectivity index (χ0n) is 19.7. The minimum absolute atomic E-state index is 0.137. The van der Waals surface area contributed by atoms with Gasteiger partial charge in [0, 0.05) is 19.0 Å². The lowest BCUT2D eigenvalue weighted by Crippen LogP contribution is -2.42. The largest absolute Gasteiger partial charge is 0.444 e. The Hall–Kier alpha value is -1.59. The van der Waals surface area contributed by atoms with Gasteiger partial charge in [-0.1, -0.05) is 50.6 Å². The molecular weight excluding hydrogens is 378 g/mol. The van der Waals surface area contributed by atoms with E-state index in [1.165, 1.54) is 5.56 Å². The Morgan fingerprint density at radius 2 is 1.93 bits per heavy atom. The fraction of sp³-hybridized carbons (Fsp3) is 0.720. The van der Waals surface area contributed by atoms with E-state index in [-0.39, 0.29) is 24.3 Å². The zero-order chi connectivity index (χ0) is 22.1. The fourth-order valence-electron chi connectivity index (χ4n) is 3.96. The van der Waals surface area contributed by atoms with E-state index >= 15 is 0 Å². The second kappa shape index (κ2) is 11.7. The van der Waals surface area contributed by atoms with Gasteiger partial charge in [-0.3, -0.25) is 0 Å². The Kier molecular flexibility index (Phi) is 9.63. The Morgan fingerprint density at radius 1 is 1.23 bits per heavy atom. The van der Waals surface area contributed by atoms with Crippen LogP contribution in [0.4, 0.5) is 4.79 Å². The van der Waals surface area contributed by atoms with Crippen molar-refractivity contribution < 1.29 is 19.0 Å². The molecule has 1 amide bonds. The molecule has 1 aliphatic rings. The molecule has 1 aliphatic heterocycles. The van der Waals surface area contributed by atoms with Crippen LogP contribution in [-0.4, -0.2) is 48.5 Å². The van der Waals surface area contributed by atoms with Crippen LogP contribution in [0.5, 0.6) is 0 Å². The highest BCUT2D eigenvalue weighted by Crippen LogP contribution is 2.30. The first-order chi connectivity index (χ1) is 14.2. The van der Waals surface area contributed by atoms with Gasteiger partial charge in [0.05, 0.1) is 25.4 Å². The number of amides is 1. The normalized spacial score (nSPS) is 21.3. The van der Waals surface area contributed by atoms with E-state index in [1.54, 1.807) is 4.90 Å². The first kappa shape index (κ1) is 24.7. The van der Waals surface area contributed by atoms with Crippen molar-refractivity contribution in [3.63, 3.8) is 0 Å². The molecule has 0 radical (unpaired) electrons. The van der Waals surface area contributed by atoms with Crippen LogP contribution in [0.2, 0.25) is 0 Å². The molecule has 1 fully saturated rings. The summed E-state index contributed by atoms with van der Waals surface area (Å²) in [6.07, 6.45) is 5.09. The van der Waals surface area contributed by atoms with Crippen LogP contribution in [-0.2, 0) is 20.8 Å². The number of hydrogen-bond donors (Lipinski definition) is 0. The van der Waals surface area contributed by atoms with Gasteiger partial charge in [0.15, 0.2) is 0 Å². The quantitative estimate of drug-likeness (QED) is 0.480. The van der Waals surface area contributed by atoms with Crippen molar-refractivity contribution in [2.75, 3.05) is 13.7 Å². The molecule has 2 rings (SSSR count). The first-order valence-corrected chi connectivity index (χ1v) is 11.4. The maximum Gasteiger partial charge on any atom is 0.410 e. The smallest absolute Gasteiger partial charge is 0.410 e. The molecule has 1 aromatic rings. The molecule has 1 saturated heterocycles. The van der Waals surface area contributed by atoms with Crippen LogP contribution in [0, 0.1) is 5.92 Å². The molecule has 170 valence electrons. The van der Waals surface area contributed by atoms with E-state index in [2.05, 4.69) is 26.0 Å². The maximum atomic E-state index is 12.5. The Bertz CT molecular complexity index is 628. The maximum absolute atomic E-state index is 12.5. The summed E-state index contributed by atoms with van der Waals surface area (Å²) in [4.78, 5) is 14.3. The van der Waals surface area contributed by atoms with Gasteiger partial charge in [-0.2, -0.15) is 0 Å². The first-order valence-electron chi connectivity index (χ1n) is 11.4. The van der Waals surface area contributed by atoms with Crippen molar-refractivity contribution in [3.05, 3.63) is 35.9 Å². The number of carbonyl (C=O) groups excluding carboxylic acids is 1. The minimum atomic E-state index is -0.480. The summed E-state index contributed by atoms with van der Waals surface area (Å²) in [5.74, 6) is 0.354. The predicted octanol–water partition coefficient (Wildman–Crippen LogP) is 5.81. The van der Waals surface area contributed by atoms with Gasteiger partial charge >= 0.3 is 6.09 Å². The predicted molar refractivity (Wildman–Crippen MR) is 120 cm³/mol. The van der Waals surface area contributed by atoms with Crippen molar-refractivity contribution in [3.8, 4) is 0 Å². The molecule has 0 bridgehead atoms. The summed E-state index contributed by atoms with van der Waals surface area (Å²) in [5.41, 5.74) is 0.717. The summed E-state index contributed by atoms with van der Waals surface area (Å²) in [5, 5.41) is 0. The van der Waals surface area contributed by atoms with Gasteiger partial charge < -0.3 is 19.1 Å². The topological polar surface area (TPSA) is 48.0 Å². The van der Waals surface area contributed by atoms with Crippen molar-refractivity contribution in [1.29, 1.82) is 0 Å². The van der Waals surface area contributed by atoms with E-state index in [1.807, 2.05) is 46.0 Å². The second-order valence-corrected chi connectivity index (χ2v) is 9.62.